The molecule has 0 amide bonds. The van der Waals surface area contributed by atoms with Gasteiger partial charge in [0.15, 0.2) is 0 Å². The molecule has 2 rings (SSSR count). The van der Waals surface area contributed by atoms with Gasteiger partial charge in [0.2, 0.25) is 0 Å². The number of hydrogen-bond acceptors (Lipinski definition) is 2. The van der Waals surface area contributed by atoms with Crippen LogP contribution in [0.3, 0.4) is 0 Å². The molecule has 1 aromatic carbocycles. The second-order valence-corrected chi connectivity index (χ2v) is 5.89. The molecule has 1 aromatic rings. The third-order valence-electron chi connectivity index (χ3n) is 3.45. The van der Waals surface area contributed by atoms with E-state index in [4.69, 9.17) is 11.1 Å². The van der Waals surface area contributed by atoms with Crippen molar-refractivity contribution in [2.24, 2.45) is 11.7 Å². The van der Waals surface area contributed by atoms with Gasteiger partial charge in [-0.1, -0.05) is 25.0 Å². The van der Waals surface area contributed by atoms with Gasteiger partial charge in [0.1, 0.15) is 11.7 Å². The summed E-state index contributed by atoms with van der Waals surface area (Å²) < 4.78 is 14.0. The number of rotatable bonds is 5. The summed E-state index contributed by atoms with van der Waals surface area (Å²) in [5.74, 6) is 2.07. The van der Waals surface area contributed by atoms with Crippen LogP contribution in [0.4, 0.5) is 4.39 Å². The van der Waals surface area contributed by atoms with Gasteiger partial charge in [-0.05, 0) is 36.1 Å². The second-order valence-electron chi connectivity index (χ2n) is 4.86. The van der Waals surface area contributed by atoms with Gasteiger partial charge < -0.3 is 5.73 Å². The van der Waals surface area contributed by atoms with Gasteiger partial charge in [0, 0.05) is 5.75 Å². The van der Waals surface area contributed by atoms with E-state index in [1.54, 1.807) is 30.0 Å². The number of amidine groups is 1. The van der Waals surface area contributed by atoms with E-state index < -0.39 is 0 Å². The van der Waals surface area contributed by atoms with Crippen LogP contribution in [0, 0.1) is 17.1 Å². The standard InChI is InChI=1S/C14H19FN2S/c15-13-11(6-3-7-12(13)14(16)17)9-18-8-10-4-1-2-5-10/h3,6-7,10H,1-2,4-5,8-9H2,(H3,16,17). The van der Waals surface area contributed by atoms with Gasteiger partial charge in [-0.2, -0.15) is 11.8 Å². The van der Waals surface area contributed by atoms with Gasteiger partial charge in [-0.15, -0.1) is 0 Å². The Morgan fingerprint density at radius 3 is 2.78 bits per heavy atom. The first kappa shape index (κ1) is 13.4. The van der Waals surface area contributed by atoms with E-state index in [0.717, 1.165) is 11.7 Å². The molecule has 1 saturated carbocycles. The molecule has 0 aromatic heterocycles. The van der Waals surface area contributed by atoms with Crippen molar-refractivity contribution in [2.45, 2.75) is 31.4 Å². The Hall–Kier alpha value is -1.03. The van der Waals surface area contributed by atoms with Crippen molar-refractivity contribution < 1.29 is 4.39 Å². The number of nitrogens with one attached hydrogen (secondary N) is 1. The lowest BCUT2D eigenvalue weighted by Gasteiger charge is -2.10. The molecular weight excluding hydrogens is 247 g/mol. The molecule has 3 N–H and O–H groups in total. The lowest BCUT2D eigenvalue weighted by atomic mass is 10.1. The molecule has 1 fully saturated rings. The predicted octanol–water partition coefficient (Wildman–Crippen LogP) is 3.53. The fraction of sp³-hybridized carbons (Fsp3) is 0.500. The first-order chi connectivity index (χ1) is 8.68. The Bertz CT molecular complexity index is 428. The van der Waals surface area contributed by atoms with Crippen LogP contribution >= 0.6 is 11.8 Å². The second kappa shape index (κ2) is 6.23. The number of halogens is 1. The summed E-state index contributed by atoms with van der Waals surface area (Å²) in [6.45, 7) is 0. The Morgan fingerprint density at radius 2 is 2.11 bits per heavy atom. The third kappa shape index (κ3) is 3.25. The van der Waals surface area contributed by atoms with E-state index in [2.05, 4.69) is 0 Å². The molecule has 0 saturated heterocycles. The minimum atomic E-state index is -0.330. The summed E-state index contributed by atoms with van der Waals surface area (Å²) in [4.78, 5) is 0. The number of thioether (sulfide) groups is 1. The van der Waals surface area contributed by atoms with E-state index in [9.17, 15) is 4.39 Å². The van der Waals surface area contributed by atoms with E-state index in [0.29, 0.717) is 11.3 Å². The summed E-state index contributed by atoms with van der Waals surface area (Å²) in [6.07, 6.45) is 5.34. The Labute approximate surface area is 112 Å². The van der Waals surface area contributed by atoms with Gasteiger partial charge in [0.25, 0.3) is 0 Å². The molecule has 1 aliphatic carbocycles. The molecule has 0 unspecified atom stereocenters. The van der Waals surface area contributed by atoms with Gasteiger partial charge in [-0.3, -0.25) is 5.41 Å². The monoisotopic (exact) mass is 266 g/mol. The zero-order valence-electron chi connectivity index (χ0n) is 10.4. The molecular formula is C14H19FN2S. The molecule has 18 heavy (non-hydrogen) atoms. The topological polar surface area (TPSA) is 49.9 Å². The van der Waals surface area contributed by atoms with Crippen molar-refractivity contribution in [2.75, 3.05) is 5.75 Å². The lowest BCUT2D eigenvalue weighted by molar-refractivity contribution is 0.612. The molecule has 98 valence electrons. The van der Waals surface area contributed by atoms with Gasteiger partial charge >= 0.3 is 0 Å². The average molecular weight is 266 g/mol. The van der Waals surface area contributed by atoms with Crippen LogP contribution < -0.4 is 5.73 Å². The molecule has 0 radical (unpaired) electrons. The number of benzene rings is 1. The molecule has 1 aliphatic rings. The molecule has 0 aliphatic heterocycles. The van der Waals surface area contributed by atoms with Gasteiger partial charge in [-0.25, -0.2) is 4.39 Å². The summed E-state index contributed by atoms with van der Waals surface area (Å²) in [5.41, 5.74) is 6.22. The Balaban J connectivity index is 1.92. The van der Waals surface area contributed by atoms with E-state index >= 15 is 0 Å². The van der Waals surface area contributed by atoms with Crippen LogP contribution in [0.15, 0.2) is 18.2 Å². The Morgan fingerprint density at radius 1 is 1.39 bits per heavy atom. The highest BCUT2D eigenvalue weighted by Crippen LogP contribution is 2.29. The predicted molar refractivity (Wildman–Crippen MR) is 75.5 cm³/mol. The summed E-state index contributed by atoms with van der Waals surface area (Å²) in [6, 6.07) is 5.11. The lowest BCUT2D eigenvalue weighted by Crippen LogP contribution is -2.14. The highest BCUT2D eigenvalue weighted by atomic mass is 32.2. The first-order valence-electron chi connectivity index (χ1n) is 6.38. The first-order valence-corrected chi connectivity index (χ1v) is 7.53. The van der Waals surface area contributed by atoms with Crippen molar-refractivity contribution in [1.29, 1.82) is 5.41 Å². The maximum Gasteiger partial charge on any atom is 0.138 e. The SMILES string of the molecule is N=C(N)c1cccc(CSCC2CCCC2)c1F. The van der Waals surface area contributed by atoms with Crippen LogP contribution in [-0.2, 0) is 5.75 Å². The smallest absolute Gasteiger partial charge is 0.138 e. The van der Waals surface area contributed by atoms with Crippen molar-refractivity contribution >= 4 is 17.6 Å². The zero-order valence-corrected chi connectivity index (χ0v) is 11.2. The zero-order chi connectivity index (χ0) is 13.0. The maximum atomic E-state index is 14.0. The van der Waals surface area contributed by atoms with E-state index in [1.807, 2.05) is 0 Å². The van der Waals surface area contributed by atoms with Crippen molar-refractivity contribution in [3.05, 3.63) is 35.1 Å². The minimum Gasteiger partial charge on any atom is -0.384 e. The van der Waals surface area contributed by atoms with Crippen molar-refractivity contribution in [3.63, 3.8) is 0 Å². The minimum absolute atomic E-state index is 0.199. The summed E-state index contributed by atoms with van der Waals surface area (Å²) in [5, 5.41) is 7.32. The van der Waals surface area contributed by atoms with Crippen LogP contribution in [0.5, 0.6) is 0 Å². The van der Waals surface area contributed by atoms with Crippen molar-refractivity contribution in [3.8, 4) is 0 Å². The fourth-order valence-electron chi connectivity index (χ4n) is 2.41. The molecule has 0 bridgehead atoms. The van der Waals surface area contributed by atoms with E-state index in [-0.39, 0.29) is 17.2 Å². The quantitative estimate of drug-likeness (QED) is 0.632. The summed E-state index contributed by atoms with van der Waals surface area (Å²) >= 11 is 1.79. The number of hydrogen-bond donors (Lipinski definition) is 2. The number of nitrogens with two attached hydrogens (primary N) is 1. The normalized spacial score (nSPS) is 16.1. The van der Waals surface area contributed by atoms with Crippen molar-refractivity contribution in [1.82, 2.24) is 0 Å². The fourth-order valence-corrected chi connectivity index (χ4v) is 3.64. The highest BCUT2D eigenvalue weighted by molar-refractivity contribution is 7.98. The highest BCUT2D eigenvalue weighted by Gasteiger charge is 2.15. The van der Waals surface area contributed by atoms with Crippen LogP contribution in [0.1, 0.15) is 36.8 Å². The molecule has 0 atom stereocenters. The van der Waals surface area contributed by atoms with Crippen LogP contribution in [0.25, 0.3) is 0 Å². The molecule has 0 spiro atoms. The van der Waals surface area contributed by atoms with Gasteiger partial charge in [0.05, 0.1) is 5.56 Å². The van der Waals surface area contributed by atoms with Crippen LogP contribution in [-0.4, -0.2) is 11.6 Å². The maximum absolute atomic E-state index is 14.0. The number of nitrogen functional groups attached to an aromatic ring is 1. The largest absolute Gasteiger partial charge is 0.384 e. The van der Waals surface area contributed by atoms with E-state index in [1.165, 1.54) is 25.7 Å². The Kier molecular flexibility index (Phi) is 4.64. The van der Waals surface area contributed by atoms with Crippen LogP contribution in [0.2, 0.25) is 0 Å². The third-order valence-corrected chi connectivity index (χ3v) is 4.68. The molecule has 4 heteroatoms. The summed E-state index contributed by atoms with van der Waals surface area (Å²) in [7, 11) is 0. The average Bonchev–Trinajstić information content (AvgIpc) is 2.84. The molecule has 2 nitrogen and oxygen atoms in total. The molecule has 0 heterocycles.